The van der Waals surface area contributed by atoms with Gasteiger partial charge in [0.05, 0.1) is 6.20 Å². The van der Waals surface area contributed by atoms with Gasteiger partial charge < -0.3 is 9.47 Å². The number of carbonyl (C=O) groups excluding carboxylic acids is 2. The van der Waals surface area contributed by atoms with Gasteiger partial charge >= 0.3 is 0 Å². The number of nitrogens with zero attached hydrogens (tertiary/aromatic N) is 1. The Balaban J connectivity index is 2.32. The van der Waals surface area contributed by atoms with E-state index in [2.05, 4.69) is 9.72 Å². The fraction of sp³-hybridized carbons (Fsp3) is 0.300. The van der Waals surface area contributed by atoms with Crippen molar-refractivity contribution in [3.63, 3.8) is 0 Å². The quantitative estimate of drug-likeness (QED) is 0.661. The Labute approximate surface area is 86.0 Å². The lowest BCUT2D eigenvalue weighted by Gasteiger charge is -2.20. The van der Waals surface area contributed by atoms with Crippen LogP contribution in [-0.4, -0.2) is 23.3 Å². The van der Waals surface area contributed by atoms with Gasteiger partial charge in [-0.1, -0.05) is 0 Å². The van der Waals surface area contributed by atoms with Crippen LogP contribution in [0.15, 0.2) is 12.3 Å². The molecule has 1 aromatic rings. The van der Waals surface area contributed by atoms with Crippen molar-refractivity contribution in [2.45, 2.75) is 19.4 Å². The van der Waals surface area contributed by atoms with E-state index in [0.29, 0.717) is 23.7 Å². The number of carbonyl (C=O) groups is 2. The van der Waals surface area contributed by atoms with Crippen LogP contribution in [0.25, 0.3) is 0 Å². The Morgan fingerprint density at radius 1 is 1.67 bits per heavy atom. The summed E-state index contributed by atoms with van der Waals surface area (Å²) in [6.07, 6.45) is 1.19. The van der Waals surface area contributed by atoms with Crippen molar-refractivity contribution in [3.05, 3.63) is 17.8 Å². The minimum Gasteiger partial charge on any atom is -0.466 e. The Kier molecular flexibility index (Phi) is 2.37. The molecule has 1 aliphatic heterocycles. The predicted molar refractivity (Wildman–Crippen MR) is 49.7 cm³/mol. The van der Waals surface area contributed by atoms with Crippen LogP contribution < -0.4 is 9.47 Å². The number of ketones is 1. The van der Waals surface area contributed by atoms with E-state index in [0.717, 1.165) is 0 Å². The molecule has 5 heteroatoms. The van der Waals surface area contributed by atoms with Gasteiger partial charge in [0.15, 0.2) is 11.9 Å². The molecule has 0 aliphatic carbocycles. The third kappa shape index (κ3) is 1.81. The van der Waals surface area contributed by atoms with Gasteiger partial charge in [-0.25, -0.2) is 4.98 Å². The number of aromatic nitrogens is 1. The summed E-state index contributed by atoms with van der Waals surface area (Å²) in [5.74, 6) is 0.739. The average Bonchev–Trinajstić information content (AvgIpc) is 2.21. The summed E-state index contributed by atoms with van der Waals surface area (Å²) in [5, 5.41) is 0. The minimum atomic E-state index is -0.456. The largest absolute Gasteiger partial charge is 0.466 e. The molecule has 0 aromatic carbocycles. The van der Waals surface area contributed by atoms with Crippen molar-refractivity contribution >= 4 is 12.3 Å². The summed E-state index contributed by atoms with van der Waals surface area (Å²) in [4.78, 5) is 25.4. The van der Waals surface area contributed by atoms with E-state index in [1.165, 1.54) is 6.20 Å². The fourth-order valence-corrected chi connectivity index (χ4v) is 1.39. The van der Waals surface area contributed by atoms with Crippen molar-refractivity contribution < 1.29 is 19.1 Å². The second-order valence-corrected chi connectivity index (χ2v) is 3.25. The lowest BCUT2D eigenvalue weighted by molar-refractivity contribution is -0.125. The maximum atomic E-state index is 11.4. The smallest absolute Gasteiger partial charge is 0.298 e. The summed E-state index contributed by atoms with van der Waals surface area (Å²) in [6.45, 7) is 2.00. The highest BCUT2D eigenvalue weighted by atomic mass is 16.5. The highest BCUT2D eigenvalue weighted by Gasteiger charge is 2.25. The molecule has 0 bridgehead atoms. The summed E-state index contributed by atoms with van der Waals surface area (Å²) in [7, 11) is 0. The molecule has 0 N–H and O–H groups in total. The third-order valence-corrected chi connectivity index (χ3v) is 2.19. The lowest BCUT2D eigenvalue weighted by Crippen LogP contribution is -2.30. The van der Waals surface area contributed by atoms with E-state index >= 15 is 0 Å². The standard InChI is InChI=1S/C10H9NO4/c1-6-9(13)3-7-2-8(14-5-12)4-11-10(7)15-6/h2,4-6H,3H2,1H3/t6-/m0/s1. The summed E-state index contributed by atoms with van der Waals surface area (Å²) in [6, 6.07) is 1.58. The van der Waals surface area contributed by atoms with Gasteiger partial charge in [0.2, 0.25) is 5.88 Å². The minimum absolute atomic E-state index is 0.00690. The number of rotatable bonds is 2. The molecule has 2 heterocycles. The SMILES string of the molecule is C[C@@H]1Oc2ncc(OC=O)cc2CC1=O. The van der Waals surface area contributed by atoms with Gasteiger partial charge in [-0.15, -0.1) is 0 Å². The van der Waals surface area contributed by atoms with Crippen molar-refractivity contribution in [1.29, 1.82) is 0 Å². The van der Waals surface area contributed by atoms with Crippen LogP contribution in [0, 0.1) is 0 Å². The molecule has 0 saturated carbocycles. The molecular formula is C10H9NO4. The van der Waals surface area contributed by atoms with Crippen LogP contribution in [0.4, 0.5) is 0 Å². The van der Waals surface area contributed by atoms with Gasteiger partial charge in [0.1, 0.15) is 5.75 Å². The van der Waals surface area contributed by atoms with Gasteiger partial charge in [-0.3, -0.25) is 9.59 Å². The molecule has 15 heavy (non-hydrogen) atoms. The molecule has 0 spiro atoms. The number of fused-ring (bicyclic) bond motifs is 1. The maximum absolute atomic E-state index is 11.4. The fourth-order valence-electron chi connectivity index (χ4n) is 1.39. The van der Waals surface area contributed by atoms with Crippen molar-refractivity contribution in [1.82, 2.24) is 4.98 Å². The molecule has 0 fully saturated rings. The third-order valence-electron chi connectivity index (χ3n) is 2.19. The van der Waals surface area contributed by atoms with E-state index in [1.807, 2.05) is 0 Å². The highest BCUT2D eigenvalue weighted by molar-refractivity contribution is 5.87. The van der Waals surface area contributed by atoms with E-state index in [-0.39, 0.29) is 12.2 Å². The Hall–Kier alpha value is -1.91. The second-order valence-electron chi connectivity index (χ2n) is 3.25. The Bertz CT molecular complexity index is 416. The topological polar surface area (TPSA) is 65.5 Å². The van der Waals surface area contributed by atoms with E-state index in [1.54, 1.807) is 13.0 Å². The van der Waals surface area contributed by atoms with E-state index in [4.69, 9.17) is 4.74 Å². The van der Waals surface area contributed by atoms with Gasteiger partial charge in [0, 0.05) is 12.0 Å². The van der Waals surface area contributed by atoms with Crippen LogP contribution in [0.2, 0.25) is 0 Å². The first-order chi connectivity index (χ1) is 7.20. The molecule has 2 rings (SSSR count). The molecule has 0 unspecified atom stereocenters. The Morgan fingerprint density at radius 2 is 2.47 bits per heavy atom. The average molecular weight is 207 g/mol. The first-order valence-electron chi connectivity index (χ1n) is 4.49. The monoisotopic (exact) mass is 207 g/mol. The molecule has 0 amide bonds. The Morgan fingerprint density at radius 3 is 3.20 bits per heavy atom. The van der Waals surface area contributed by atoms with Gasteiger partial charge in [0.25, 0.3) is 6.47 Å². The normalized spacial score (nSPS) is 19.0. The molecule has 1 atom stereocenters. The van der Waals surface area contributed by atoms with Crippen molar-refractivity contribution in [3.8, 4) is 11.6 Å². The van der Waals surface area contributed by atoms with Gasteiger partial charge in [-0.05, 0) is 13.0 Å². The van der Waals surface area contributed by atoms with Gasteiger partial charge in [-0.2, -0.15) is 0 Å². The zero-order valence-electron chi connectivity index (χ0n) is 8.10. The number of hydrogen-bond acceptors (Lipinski definition) is 5. The zero-order chi connectivity index (χ0) is 10.8. The van der Waals surface area contributed by atoms with E-state index < -0.39 is 6.10 Å². The predicted octanol–water partition coefficient (Wildman–Crippen LogP) is 0.509. The van der Waals surface area contributed by atoms with Crippen molar-refractivity contribution in [2.24, 2.45) is 0 Å². The van der Waals surface area contributed by atoms with Crippen LogP contribution in [0.5, 0.6) is 11.6 Å². The lowest BCUT2D eigenvalue weighted by atomic mass is 10.0. The van der Waals surface area contributed by atoms with Crippen LogP contribution in [-0.2, 0) is 16.0 Å². The molecular weight excluding hydrogens is 198 g/mol. The summed E-state index contributed by atoms with van der Waals surface area (Å²) in [5.41, 5.74) is 0.650. The highest BCUT2D eigenvalue weighted by Crippen LogP contribution is 2.26. The van der Waals surface area contributed by atoms with Crippen LogP contribution in [0.3, 0.4) is 0 Å². The molecule has 1 aliphatic rings. The zero-order valence-corrected chi connectivity index (χ0v) is 8.10. The number of ether oxygens (including phenoxy) is 2. The van der Waals surface area contributed by atoms with Crippen molar-refractivity contribution in [2.75, 3.05) is 0 Å². The summed E-state index contributed by atoms with van der Waals surface area (Å²) >= 11 is 0. The van der Waals surface area contributed by atoms with Crippen LogP contribution in [0.1, 0.15) is 12.5 Å². The number of pyridine rings is 1. The first-order valence-corrected chi connectivity index (χ1v) is 4.49. The van der Waals surface area contributed by atoms with E-state index in [9.17, 15) is 9.59 Å². The molecule has 78 valence electrons. The number of hydrogen-bond donors (Lipinski definition) is 0. The molecule has 0 radical (unpaired) electrons. The molecule has 5 nitrogen and oxygen atoms in total. The second kappa shape index (κ2) is 3.68. The number of Topliss-reactive ketones (excluding diaryl/α,β-unsaturated/α-hetero) is 1. The summed E-state index contributed by atoms with van der Waals surface area (Å²) < 4.78 is 9.90. The molecule has 0 saturated heterocycles. The molecule has 1 aromatic heterocycles. The first kappa shape index (κ1) is 9.64. The maximum Gasteiger partial charge on any atom is 0.298 e. The van der Waals surface area contributed by atoms with Crippen LogP contribution >= 0.6 is 0 Å².